The lowest BCUT2D eigenvalue weighted by atomic mass is 10.1. The number of hydrogen-bond donors (Lipinski definition) is 2. The predicted octanol–water partition coefficient (Wildman–Crippen LogP) is 1.74. The number of rotatable bonds is 5. The van der Waals surface area contributed by atoms with Crippen LogP contribution in [0.2, 0.25) is 5.02 Å². The van der Waals surface area contributed by atoms with Gasteiger partial charge in [0.05, 0.1) is 5.56 Å². The summed E-state index contributed by atoms with van der Waals surface area (Å²) in [5, 5.41) is 9.91. The van der Waals surface area contributed by atoms with E-state index in [-0.39, 0.29) is 5.91 Å². The minimum Gasteiger partial charge on any atom is -0.387 e. The smallest absolute Gasteiger partial charge is 0.253 e. The highest BCUT2D eigenvalue weighted by molar-refractivity contribution is 6.31. The zero-order valence-corrected chi connectivity index (χ0v) is 11.1. The topological polar surface area (TPSA) is 80.0 Å². The normalized spacial score (nSPS) is 10.2. The average molecular weight is 281 g/mol. The second-order valence-corrected chi connectivity index (χ2v) is 4.23. The number of anilines is 1. The fourth-order valence-corrected chi connectivity index (χ4v) is 1.78. The van der Waals surface area contributed by atoms with Crippen LogP contribution in [0.5, 0.6) is 0 Å². The van der Waals surface area contributed by atoms with Gasteiger partial charge in [0.2, 0.25) is 6.39 Å². The summed E-state index contributed by atoms with van der Waals surface area (Å²) in [5.41, 5.74) is 1.23. The molecule has 2 N–H and O–H groups in total. The summed E-state index contributed by atoms with van der Waals surface area (Å²) in [5.74, 6) is 0.357. The third-order valence-electron chi connectivity index (χ3n) is 2.54. The molecule has 0 aliphatic heterocycles. The Morgan fingerprint density at radius 2 is 2.32 bits per heavy atom. The molecule has 2 aromatic rings. The minimum atomic E-state index is -0.199. The van der Waals surface area contributed by atoms with Crippen LogP contribution < -0.4 is 10.6 Å². The summed E-state index contributed by atoms with van der Waals surface area (Å²) in [7, 11) is 1.75. The molecule has 0 atom stereocenters. The summed E-state index contributed by atoms with van der Waals surface area (Å²) in [6.07, 6.45) is 1.77. The first-order chi connectivity index (χ1) is 9.20. The standard InChI is InChI=1S/C12H13ClN4O2/c1-14-10-3-2-8(13)6-9(10)12(18)15-5-4-11-16-7-19-17-11/h2-3,6-7,14H,4-5H2,1H3,(H,15,18). The van der Waals surface area contributed by atoms with Gasteiger partial charge in [-0.15, -0.1) is 0 Å². The van der Waals surface area contributed by atoms with E-state index >= 15 is 0 Å². The minimum absolute atomic E-state index is 0.199. The van der Waals surface area contributed by atoms with Gasteiger partial charge in [0.25, 0.3) is 5.91 Å². The van der Waals surface area contributed by atoms with Crippen LogP contribution in [0.15, 0.2) is 29.1 Å². The number of aromatic nitrogens is 2. The van der Waals surface area contributed by atoms with E-state index in [2.05, 4.69) is 25.3 Å². The van der Waals surface area contributed by atoms with Gasteiger partial charge in [-0.05, 0) is 18.2 Å². The Morgan fingerprint density at radius 1 is 1.47 bits per heavy atom. The summed E-state index contributed by atoms with van der Waals surface area (Å²) in [4.78, 5) is 15.9. The van der Waals surface area contributed by atoms with Gasteiger partial charge in [0.1, 0.15) is 0 Å². The second-order valence-electron chi connectivity index (χ2n) is 3.79. The lowest BCUT2D eigenvalue weighted by molar-refractivity contribution is 0.0954. The number of amides is 1. The maximum atomic E-state index is 12.0. The van der Waals surface area contributed by atoms with Crippen LogP contribution >= 0.6 is 11.6 Å². The summed E-state index contributed by atoms with van der Waals surface area (Å²) < 4.78 is 4.61. The Kier molecular flexibility index (Phi) is 4.35. The van der Waals surface area contributed by atoms with Crippen LogP contribution in [-0.2, 0) is 6.42 Å². The monoisotopic (exact) mass is 280 g/mol. The molecule has 0 saturated heterocycles. The highest BCUT2D eigenvalue weighted by Gasteiger charge is 2.11. The molecular formula is C12H13ClN4O2. The van der Waals surface area contributed by atoms with Crippen molar-refractivity contribution in [3.05, 3.63) is 41.0 Å². The van der Waals surface area contributed by atoms with E-state index in [0.717, 1.165) is 5.69 Å². The number of nitrogens with zero attached hydrogens (tertiary/aromatic N) is 2. The van der Waals surface area contributed by atoms with Gasteiger partial charge in [-0.1, -0.05) is 16.8 Å². The van der Waals surface area contributed by atoms with Crippen LogP contribution in [0.25, 0.3) is 0 Å². The molecule has 0 saturated carbocycles. The number of benzene rings is 1. The molecule has 2 rings (SSSR count). The largest absolute Gasteiger partial charge is 0.387 e. The summed E-state index contributed by atoms with van der Waals surface area (Å²) in [6.45, 7) is 0.425. The van der Waals surface area contributed by atoms with Crippen molar-refractivity contribution in [1.82, 2.24) is 15.5 Å². The van der Waals surface area contributed by atoms with Gasteiger partial charge >= 0.3 is 0 Å². The molecule has 0 unspecified atom stereocenters. The molecule has 19 heavy (non-hydrogen) atoms. The Morgan fingerprint density at radius 3 is 3.00 bits per heavy atom. The Hall–Kier alpha value is -2.08. The van der Waals surface area contributed by atoms with Gasteiger partial charge in [-0.2, -0.15) is 4.98 Å². The lowest BCUT2D eigenvalue weighted by Gasteiger charge is -2.09. The molecule has 0 bridgehead atoms. The van der Waals surface area contributed by atoms with E-state index in [1.165, 1.54) is 6.39 Å². The highest BCUT2D eigenvalue weighted by atomic mass is 35.5. The third-order valence-corrected chi connectivity index (χ3v) is 2.77. The zero-order valence-electron chi connectivity index (χ0n) is 10.3. The van der Waals surface area contributed by atoms with Gasteiger partial charge in [-0.25, -0.2) is 0 Å². The van der Waals surface area contributed by atoms with Crippen molar-refractivity contribution < 1.29 is 9.32 Å². The van der Waals surface area contributed by atoms with Crippen molar-refractivity contribution in [2.45, 2.75) is 6.42 Å². The molecular weight excluding hydrogens is 268 g/mol. The third kappa shape index (κ3) is 3.45. The number of hydrogen-bond acceptors (Lipinski definition) is 5. The summed E-state index contributed by atoms with van der Waals surface area (Å²) in [6, 6.07) is 5.11. The van der Waals surface area contributed by atoms with Crippen LogP contribution in [0.4, 0.5) is 5.69 Å². The lowest BCUT2D eigenvalue weighted by Crippen LogP contribution is -2.26. The first-order valence-electron chi connectivity index (χ1n) is 5.71. The first kappa shape index (κ1) is 13.4. The average Bonchev–Trinajstić information content (AvgIpc) is 2.91. The zero-order chi connectivity index (χ0) is 13.7. The molecule has 0 fully saturated rings. The van der Waals surface area contributed by atoms with Gasteiger partial charge in [-0.3, -0.25) is 4.79 Å². The number of carbonyl (C=O) groups is 1. The molecule has 1 amide bonds. The predicted molar refractivity (Wildman–Crippen MR) is 71.3 cm³/mol. The number of nitrogens with one attached hydrogen (secondary N) is 2. The maximum absolute atomic E-state index is 12.0. The molecule has 100 valence electrons. The van der Waals surface area contributed by atoms with Crippen LogP contribution in [-0.4, -0.2) is 29.6 Å². The molecule has 0 radical (unpaired) electrons. The van der Waals surface area contributed by atoms with Gasteiger partial charge in [0.15, 0.2) is 5.82 Å². The van der Waals surface area contributed by atoms with E-state index in [1.54, 1.807) is 25.2 Å². The number of carbonyl (C=O) groups excluding carboxylic acids is 1. The first-order valence-corrected chi connectivity index (χ1v) is 6.09. The van der Waals surface area contributed by atoms with Gasteiger partial charge in [0, 0.05) is 30.7 Å². The molecule has 6 nitrogen and oxygen atoms in total. The van der Waals surface area contributed by atoms with Crippen LogP contribution in [0, 0.1) is 0 Å². The van der Waals surface area contributed by atoms with E-state index < -0.39 is 0 Å². The van der Waals surface area contributed by atoms with Crippen molar-refractivity contribution in [2.24, 2.45) is 0 Å². The van der Waals surface area contributed by atoms with Crippen molar-refractivity contribution in [3.8, 4) is 0 Å². The molecule has 1 heterocycles. The van der Waals surface area contributed by atoms with Gasteiger partial charge < -0.3 is 15.2 Å². The van der Waals surface area contributed by atoms with Crippen molar-refractivity contribution in [1.29, 1.82) is 0 Å². The molecule has 0 spiro atoms. The fourth-order valence-electron chi connectivity index (χ4n) is 1.61. The molecule has 1 aromatic carbocycles. The Balaban J connectivity index is 1.97. The van der Waals surface area contributed by atoms with E-state index in [4.69, 9.17) is 11.6 Å². The number of halogens is 1. The molecule has 0 aliphatic carbocycles. The van der Waals surface area contributed by atoms with E-state index in [0.29, 0.717) is 29.4 Å². The van der Waals surface area contributed by atoms with Crippen molar-refractivity contribution in [3.63, 3.8) is 0 Å². The second kappa shape index (κ2) is 6.19. The van der Waals surface area contributed by atoms with E-state index in [9.17, 15) is 4.79 Å². The van der Waals surface area contributed by atoms with Crippen molar-refractivity contribution in [2.75, 3.05) is 18.9 Å². The van der Waals surface area contributed by atoms with Crippen molar-refractivity contribution >= 4 is 23.2 Å². The van der Waals surface area contributed by atoms with E-state index in [1.807, 2.05) is 0 Å². The Labute approximate surface area is 115 Å². The SMILES string of the molecule is CNc1ccc(Cl)cc1C(=O)NCCc1ncon1. The summed E-state index contributed by atoms with van der Waals surface area (Å²) >= 11 is 5.89. The fraction of sp³-hybridized carbons (Fsp3) is 0.250. The molecule has 7 heteroatoms. The quantitative estimate of drug-likeness (QED) is 0.872. The highest BCUT2D eigenvalue weighted by Crippen LogP contribution is 2.20. The Bertz CT molecular complexity index is 557. The van der Waals surface area contributed by atoms with Crippen LogP contribution in [0.3, 0.4) is 0 Å². The molecule has 1 aromatic heterocycles. The maximum Gasteiger partial charge on any atom is 0.253 e. The molecule has 0 aliphatic rings. The van der Waals surface area contributed by atoms with Crippen LogP contribution in [0.1, 0.15) is 16.2 Å².